The molecule has 1 unspecified atom stereocenters. The highest BCUT2D eigenvalue weighted by Crippen LogP contribution is 2.28. The molecule has 1 N–H and O–H groups in total. The van der Waals surface area contributed by atoms with Gasteiger partial charge in [-0.2, -0.15) is 0 Å². The standard InChI is InChI=1S/C16H21NO3/c1-9(2)11(4)17-16(18)15-10(3)13-8-12(19-5)6-7-14(13)20-15/h6-9,11H,1-5H3,(H,17,18). The number of fused-ring (bicyclic) bond motifs is 1. The van der Waals surface area contributed by atoms with Crippen molar-refractivity contribution in [1.29, 1.82) is 0 Å². The maximum absolute atomic E-state index is 12.3. The zero-order valence-corrected chi connectivity index (χ0v) is 12.6. The third kappa shape index (κ3) is 2.64. The number of aryl methyl sites for hydroxylation is 1. The van der Waals surface area contributed by atoms with Crippen LogP contribution in [0.1, 0.15) is 36.9 Å². The van der Waals surface area contributed by atoms with Gasteiger partial charge in [-0.1, -0.05) is 13.8 Å². The van der Waals surface area contributed by atoms with Gasteiger partial charge in [-0.15, -0.1) is 0 Å². The van der Waals surface area contributed by atoms with Gasteiger partial charge in [0.15, 0.2) is 5.76 Å². The van der Waals surface area contributed by atoms with Crippen molar-refractivity contribution in [3.8, 4) is 5.75 Å². The first-order chi connectivity index (χ1) is 9.43. The van der Waals surface area contributed by atoms with E-state index in [1.807, 2.05) is 32.0 Å². The predicted molar refractivity (Wildman–Crippen MR) is 79.3 cm³/mol. The van der Waals surface area contributed by atoms with Gasteiger partial charge in [-0.3, -0.25) is 4.79 Å². The van der Waals surface area contributed by atoms with Gasteiger partial charge < -0.3 is 14.5 Å². The number of methoxy groups -OCH3 is 1. The number of nitrogens with one attached hydrogen (secondary N) is 1. The Morgan fingerprint density at radius 2 is 2.00 bits per heavy atom. The Kier molecular flexibility index (Phi) is 4.02. The minimum atomic E-state index is -0.168. The van der Waals surface area contributed by atoms with Crippen molar-refractivity contribution in [2.75, 3.05) is 7.11 Å². The van der Waals surface area contributed by atoms with Gasteiger partial charge in [0.2, 0.25) is 0 Å². The molecule has 1 aromatic carbocycles. The Balaban J connectivity index is 2.35. The van der Waals surface area contributed by atoms with Crippen molar-refractivity contribution in [2.45, 2.75) is 33.7 Å². The molecule has 1 heterocycles. The molecule has 0 aliphatic rings. The molecule has 20 heavy (non-hydrogen) atoms. The van der Waals surface area contributed by atoms with Crippen LogP contribution in [0.2, 0.25) is 0 Å². The van der Waals surface area contributed by atoms with E-state index in [2.05, 4.69) is 19.2 Å². The number of amides is 1. The van der Waals surface area contributed by atoms with Crippen LogP contribution in [0.5, 0.6) is 5.75 Å². The zero-order valence-electron chi connectivity index (χ0n) is 12.6. The first-order valence-electron chi connectivity index (χ1n) is 6.82. The minimum absolute atomic E-state index is 0.102. The second-order valence-electron chi connectivity index (χ2n) is 5.42. The maximum atomic E-state index is 12.3. The summed E-state index contributed by atoms with van der Waals surface area (Å²) in [4.78, 5) is 12.3. The topological polar surface area (TPSA) is 51.5 Å². The Bertz CT molecular complexity index is 628. The highest BCUT2D eigenvalue weighted by Gasteiger charge is 2.20. The molecule has 108 valence electrons. The van der Waals surface area contributed by atoms with Crippen molar-refractivity contribution in [1.82, 2.24) is 5.32 Å². The Hall–Kier alpha value is -1.97. The number of rotatable bonds is 4. The minimum Gasteiger partial charge on any atom is -0.497 e. The van der Waals surface area contributed by atoms with E-state index in [4.69, 9.17) is 9.15 Å². The Morgan fingerprint density at radius 3 is 2.60 bits per heavy atom. The quantitative estimate of drug-likeness (QED) is 0.928. The molecule has 0 saturated carbocycles. The summed E-state index contributed by atoms with van der Waals surface area (Å²) in [6, 6.07) is 5.63. The molecule has 4 nitrogen and oxygen atoms in total. The normalized spacial score (nSPS) is 12.7. The summed E-state index contributed by atoms with van der Waals surface area (Å²) in [6.45, 7) is 8.02. The molecule has 2 aromatic rings. The predicted octanol–water partition coefficient (Wildman–Crippen LogP) is 3.52. The molecule has 0 fully saturated rings. The van der Waals surface area contributed by atoms with Gasteiger partial charge in [0, 0.05) is 17.0 Å². The number of hydrogen-bond donors (Lipinski definition) is 1. The largest absolute Gasteiger partial charge is 0.497 e. The number of ether oxygens (including phenoxy) is 1. The van der Waals surface area contributed by atoms with E-state index < -0.39 is 0 Å². The van der Waals surface area contributed by atoms with Crippen LogP contribution < -0.4 is 10.1 Å². The van der Waals surface area contributed by atoms with Crippen LogP contribution in [0.15, 0.2) is 22.6 Å². The molecule has 0 saturated heterocycles. The highest BCUT2D eigenvalue weighted by molar-refractivity contribution is 5.99. The van der Waals surface area contributed by atoms with Crippen LogP contribution in [0, 0.1) is 12.8 Å². The fraction of sp³-hybridized carbons (Fsp3) is 0.438. The molecule has 1 aromatic heterocycles. The fourth-order valence-corrected chi connectivity index (χ4v) is 1.98. The average molecular weight is 275 g/mol. The Morgan fingerprint density at radius 1 is 1.30 bits per heavy atom. The van der Waals surface area contributed by atoms with Crippen molar-refractivity contribution in [3.05, 3.63) is 29.5 Å². The van der Waals surface area contributed by atoms with Gasteiger partial charge in [0.05, 0.1) is 7.11 Å². The zero-order chi connectivity index (χ0) is 14.9. The van der Waals surface area contributed by atoms with Crippen LogP contribution >= 0.6 is 0 Å². The highest BCUT2D eigenvalue weighted by atomic mass is 16.5. The number of furan rings is 1. The van der Waals surface area contributed by atoms with Crippen LogP contribution in [0.4, 0.5) is 0 Å². The van der Waals surface area contributed by atoms with Crippen molar-refractivity contribution in [3.63, 3.8) is 0 Å². The van der Waals surface area contributed by atoms with E-state index >= 15 is 0 Å². The Labute approximate surface area is 119 Å². The lowest BCUT2D eigenvalue weighted by atomic mass is 10.1. The number of hydrogen-bond acceptors (Lipinski definition) is 3. The van der Waals surface area contributed by atoms with Crippen LogP contribution in [-0.4, -0.2) is 19.1 Å². The summed E-state index contributed by atoms with van der Waals surface area (Å²) >= 11 is 0. The molecule has 0 aliphatic carbocycles. The smallest absolute Gasteiger partial charge is 0.287 e. The van der Waals surface area contributed by atoms with Gasteiger partial charge in [0.25, 0.3) is 5.91 Å². The number of carbonyl (C=O) groups is 1. The summed E-state index contributed by atoms with van der Waals surface area (Å²) in [5.74, 6) is 1.34. The van der Waals surface area contributed by atoms with E-state index in [1.165, 1.54) is 0 Å². The van der Waals surface area contributed by atoms with E-state index in [0.717, 1.165) is 16.7 Å². The molecule has 0 radical (unpaired) electrons. The van der Waals surface area contributed by atoms with Crippen molar-refractivity contribution in [2.24, 2.45) is 5.92 Å². The molecule has 2 rings (SSSR count). The lowest BCUT2D eigenvalue weighted by molar-refractivity contribution is 0.0903. The lowest BCUT2D eigenvalue weighted by Crippen LogP contribution is -2.36. The lowest BCUT2D eigenvalue weighted by Gasteiger charge is -2.16. The van der Waals surface area contributed by atoms with Gasteiger partial charge >= 0.3 is 0 Å². The summed E-state index contributed by atoms with van der Waals surface area (Å²) in [5, 5.41) is 3.87. The van der Waals surface area contributed by atoms with Crippen molar-refractivity contribution < 1.29 is 13.9 Å². The van der Waals surface area contributed by atoms with E-state index in [0.29, 0.717) is 17.3 Å². The van der Waals surface area contributed by atoms with Crippen molar-refractivity contribution >= 4 is 16.9 Å². The molecular formula is C16H21NO3. The second kappa shape index (κ2) is 5.57. The first kappa shape index (κ1) is 14.4. The van der Waals surface area contributed by atoms with Crippen LogP contribution in [0.3, 0.4) is 0 Å². The van der Waals surface area contributed by atoms with Gasteiger partial charge in [0.1, 0.15) is 11.3 Å². The molecule has 0 aliphatic heterocycles. The molecule has 1 atom stereocenters. The molecule has 4 heteroatoms. The molecule has 0 bridgehead atoms. The summed E-state index contributed by atoms with van der Waals surface area (Å²) in [6.07, 6.45) is 0. The van der Waals surface area contributed by atoms with Crippen LogP contribution in [0.25, 0.3) is 11.0 Å². The summed E-state index contributed by atoms with van der Waals surface area (Å²) < 4.78 is 10.9. The fourth-order valence-electron chi connectivity index (χ4n) is 1.98. The summed E-state index contributed by atoms with van der Waals surface area (Å²) in [5.41, 5.74) is 1.54. The SMILES string of the molecule is COc1ccc2oc(C(=O)NC(C)C(C)C)c(C)c2c1. The molecule has 1 amide bonds. The first-order valence-corrected chi connectivity index (χ1v) is 6.82. The number of benzene rings is 1. The summed E-state index contributed by atoms with van der Waals surface area (Å²) in [7, 11) is 1.62. The molecular weight excluding hydrogens is 254 g/mol. The van der Waals surface area contributed by atoms with E-state index in [9.17, 15) is 4.79 Å². The number of carbonyl (C=O) groups excluding carboxylic acids is 1. The van der Waals surface area contributed by atoms with E-state index in [-0.39, 0.29) is 11.9 Å². The van der Waals surface area contributed by atoms with Gasteiger partial charge in [-0.25, -0.2) is 0 Å². The second-order valence-corrected chi connectivity index (χ2v) is 5.42. The molecule has 0 spiro atoms. The maximum Gasteiger partial charge on any atom is 0.287 e. The monoisotopic (exact) mass is 275 g/mol. The van der Waals surface area contributed by atoms with E-state index in [1.54, 1.807) is 7.11 Å². The van der Waals surface area contributed by atoms with Crippen LogP contribution in [-0.2, 0) is 0 Å². The third-order valence-corrected chi connectivity index (χ3v) is 3.71. The third-order valence-electron chi connectivity index (χ3n) is 3.71. The van der Waals surface area contributed by atoms with Gasteiger partial charge in [-0.05, 0) is 38.0 Å². The average Bonchev–Trinajstić information content (AvgIpc) is 2.75.